The van der Waals surface area contributed by atoms with Crippen LogP contribution in [0.2, 0.25) is 0 Å². The van der Waals surface area contributed by atoms with Gasteiger partial charge in [0, 0.05) is 24.1 Å². The van der Waals surface area contributed by atoms with E-state index in [0.717, 1.165) is 12.8 Å². The number of pyridine rings is 1. The molecule has 2 aromatic heterocycles. The van der Waals surface area contributed by atoms with Crippen molar-refractivity contribution in [2.24, 2.45) is 11.7 Å². The average Bonchev–Trinajstić information content (AvgIpc) is 3.22. The summed E-state index contributed by atoms with van der Waals surface area (Å²) in [4.78, 5) is 15.6. The lowest BCUT2D eigenvalue weighted by atomic mass is 9.73. The van der Waals surface area contributed by atoms with Gasteiger partial charge in [-0.1, -0.05) is 18.2 Å². The summed E-state index contributed by atoms with van der Waals surface area (Å²) >= 11 is 0. The summed E-state index contributed by atoms with van der Waals surface area (Å²) in [5.41, 5.74) is 6.18. The highest BCUT2D eigenvalue weighted by molar-refractivity contribution is 5.98. The molecule has 9 heteroatoms. The number of primary amides is 1. The van der Waals surface area contributed by atoms with E-state index < -0.39 is 17.4 Å². The largest absolute Gasteiger partial charge is 0.365 e. The Hall–Kier alpha value is -3.80. The van der Waals surface area contributed by atoms with Gasteiger partial charge in [-0.3, -0.25) is 9.48 Å². The monoisotopic (exact) mass is 450 g/mol. The number of carbonyl (C=O) groups excluding carboxylic acids is 1. The van der Waals surface area contributed by atoms with Crippen molar-refractivity contribution in [2.45, 2.75) is 44.1 Å². The van der Waals surface area contributed by atoms with Gasteiger partial charge in [0.1, 0.15) is 11.4 Å². The first-order valence-corrected chi connectivity index (χ1v) is 10.8. The van der Waals surface area contributed by atoms with Gasteiger partial charge in [0.2, 0.25) is 5.95 Å². The highest BCUT2D eigenvalue weighted by atomic mass is 19.1. The van der Waals surface area contributed by atoms with Crippen LogP contribution in [0, 0.1) is 29.0 Å². The van der Waals surface area contributed by atoms with Crippen LogP contribution in [0.15, 0.2) is 48.8 Å². The molecular formula is C24H24F2N6O. The standard InChI is InChI=1S/C24H24F2N6O/c25-20-4-2-1-3-17(20)13-16-5-8-24(9-6-16,10-11-27)32-15-19(22(28)33)23(31-32)30-18-7-12-29-21(26)14-18/h1-4,7,12,14-16H,5-6,8-10,13H2,(H2,28,33)(H,29,30,31). The number of amides is 1. The van der Waals surface area contributed by atoms with Crippen molar-refractivity contribution in [1.82, 2.24) is 14.8 Å². The minimum atomic E-state index is -0.682. The highest BCUT2D eigenvalue weighted by Gasteiger charge is 2.39. The molecule has 1 amide bonds. The number of nitrogens with two attached hydrogens (primary N) is 1. The molecule has 1 fully saturated rings. The van der Waals surface area contributed by atoms with E-state index in [2.05, 4.69) is 21.5 Å². The molecule has 7 nitrogen and oxygen atoms in total. The molecule has 1 aliphatic rings. The van der Waals surface area contributed by atoms with E-state index in [0.29, 0.717) is 30.5 Å². The van der Waals surface area contributed by atoms with Crippen molar-refractivity contribution in [3.05, 3.63) is 71.7 Å². The Morgan fingerprint density at radius 1 is 1.27 bits per heavy atom. The van der Waals surface area contributed by atoms with Crippen LogP contribution < -0.4 is 11.1 Å². The molecule has 0 spiro atoms. The van der Waals surface area contributed by atoms with Crippen LogP contribution in [0.1, 0.15) is 48.0 Å². The molecule has 0 bridgehead atoms. The number of nitrogens with one attached hydrogen (secondary N) is 1. The van der Waals surface area contributed by atoms with E-state index in [1.54, 1.807) is 29.1 Å². The number of nitriles is 1. The molecule has 0 atom stereocenters. The van der Waals surface area contributed by atoms with Crippen LogP contribution in [0.4, 0.5) is 20.3 Å². The third kappa shape index (κ3) is 4.85. The quantitative estimate of drug-likeness (QED) is 0.517. The maximum atomic E-state index is 14.1. The first-order valence-electron chi connectivity index (χ1n) is 10.8. The molecule has 0 aliphatic heterocycles. The Balaban J connectivity index is 1.57. The van der Waals surface area contributed by atoms with Crippen molar-refractivity contribution in [3.8, 4) is 6.07 Å². The predicted molar refractivity (Wildman–Crippen MR) is 118 cm³/mol. The van der Waals surface area contributed by atoms with E-state index in [9.17, 15) is 18.8 Å². The third-order valence-electron chi connectivity index (χ3n) is 6.37. The number of hydrogen-bond acceptors (Lipinski definition) is 5. The summed E-state index contributed by atoms with van der Waals surface area (Å²) in [5, 5.41) is 17.0. The number of carbonyl (C=O) groups is 1. The number of benzene rings is 1. The molecule has 33 heavy (non-hydrogen) atoms. The molecule has 0 saturated heterocycles. The zero-order chi connectivity index (χ0) is 23.4. The van der Waals surface area contributed by atoms with Gasteiger partial charge in [0.05, 0.1) is 18.0 Å². The molecule has 1 aromatic carbocycles. The number of anilines is 2. The van der Waals surface area contributed by atoms with Crippen LogP contribution in [-0.4, -0.2) is 20.7 Å². The van der Waals surface area contributed by atoms with Crippen LogP contribution in [0.3, 0.4) is 0 Å². The Kier molecular flexibility index (Phi) is 6.36. The molecular weight excluding hydrogens is 426 g/mol. The van der Waals surface area contributed by atoms with E-state index in [-0.39, 0.29) is 29.5 Å². The molecule has 1 aliphatic carbocycles. The van der Waals surface area contributed by atoms with Gasteiger partial charge in [-0.25, -0.2) is 9.37 Å². The van der Waals surface area contributed by atoms with Crippen molar-refractivity contribution in [3.63, 3.8) is 0 Å². The van der Waals surface area contributed by atoms with E-state index in [1.807, 2.05) is 6.07 Å². The molecule has 2 heterocycles. The fraction of sp³-hybridized carbons (Fsp3) is 0.333. The summed E-state index contributed by atoms with van der Waals surface area (Å²) in [6, 6.07) is 11.8. The summed E-state index contributed by atoms with van der Waals surface area (Å²) in [6.07, 6.45) is 6.60. The van der Waals surface area contributed by atoms with E-state index >= 15 is 0 Å². The van der Waals surface area contributed by atoms with Crippen molar-refractivity contribution >= 4 is 17.4 Å². The smallest absolute Gasteiger partial charge is 0.254 e. The Morgan fingerprint density at radius 2 is 2.03 bits per heavy atom. The first-order chi connectivity index (χ1) is 15.9. The van der Waals surface area contributed by atoms with Gasteiger partial charge < -0.3 is 11.1 Å². The number of aromatic nitrogens is 3. The summed E-state index contributed by atoms with van der Waals surface area (Å²) < 4.78 is 29.2. The van der Waals surface area contributed by atoms with Crippen LogP contribution in [-0.2, 0) is 12.0 Å². The van der Waals surface area contributed by atoms with Gasteiger partial charge in [0.25, 0.3) is 5.91 Å². The topological polar surface area (TPSA) is 110 Å². The fourth-order valence-corrected chi connectivity index (χ4v) is 4.53. The SMILES string of the molecule is N#CCC1(n2cc(C(N)=O)c(Nc3ccnc(F)c3)n2)CCC(Cc2ccccc2F)CC1. The maximum absolute atomic E-state index is 14.1. The second-order valence-corrected chi connectivity index (χ2v) is 8.49. The lowest BCUT2D eigenvalue weighted by Crippen LogP contribution is -2.38. The van der Waals surface area contributed by atoms with Gasteiger partial charge in [-0.2, -0.15) is 14.8 Å². The summed E-state index contributed by atoms with van der Waals surface area (Å²) in [7, 11) is 0. The first kappa shape index (κ1) is 22.4. The Labute approximate surface area is 190 Å². The minimum absolute atomic E-state index is 0.151. The molecule has 3 aromatic rings. The summed E-state index contributed by atoms with van der Waals surface area (Å²) in [5.74, 6) is -1.07. The Bertz CT molecular complexity index is 1190. The van der Waals surface area contributed by atoms with Gasteiger partial charge in [-0.15, -0.1) is 0 Å². The van der Waals surface area contributed by atoms with Gasteiger partial charge >= 0.3 is 0 Å². The molecule has 4 rings (SSSR count). The molecule has 3 N–H and O–H groups in total. The molecule has 0 unspecified atom stereocenters. The van der Waals surface area contributed by atoms with Crippen molar-refractivity contribution in [1.29, 1.82) is 5.26 Å². The average molecular weight is 450 g/mol. The highest BCUT2D eigenvalue weighted by Crippen LogP contribution is 2.42. The van der Waals surface area contributed by atoms with Crippen LogP contribution in [0.25, 0.3) is 0 Å². The summed E-state index contributed by atoms with van der Waals surface area (Å²) in [6.45, 7) is 0. The second kappa shape index (κ2) is 9.36. The van der Waals surface area contributed by atoms with Crippen molar-refractivity contribution in [2.75, 3.05) is 5.32 Å². The molecule has 170 valence electrons. The van der Waals surface area contributed by atoms with Crippen molar-refractivity contribution < 1.29 is 13.6 Å². The third-order valence-corrected chi connectivity index (χ3v) is 6.37. The second-order valence-electron chi connectivity index (χ2n) is 8.49. The Morgan fingerprint density at radius 3 is 2.70 bits per heavy atom. The zero-order valence-electron chi connectivity index (χ0n) is 18.0. The normalized spacial score (nSPS) is 20.2. The van der Waals surface area contributed by atoms with Crippen LogP contribution >= 0.6 is 0 Å². The van der Waals surface area contributed by atoms with Gasteiger partial charge in [-0.05, 0) is 55.7 Å². The lowest BCUT2D eigenvalue weighted by Gasteiger charge is -2.39. The maximum Gasteiger partial charge on any atom is 0.254 e. The molecule has 0 radical (unpaired) electrons. The zero-order valence-corrected chi connectivity index (χ0v) is 18.0. The number of halogens is 2. The van der Waals surface area contributed by atoms with Gasteiger partial charge in [0.15, 0.2) is 5.82 Å². The van der Waals surface area contributed by atoms with E-state index in [4.69, 9.17) is 5.73 Å². The fourth-order valence-electron chi connectivity index (χ4n) is 4.53. The predicted octanol–water partition coefficient (Wildman–Crippen LogP) is 4.44. The minimum Gasteiger partial charge on any atom is -0.365 e. The number of rotatable bonds is 7. The van der Waals surface area contributed by atoms with Crippen LogP contribution in [0.5, 0.6) is 0 Å². The lowest BCUT2D eigenvalue weighted by molar-refractivity contribution is 0.1000. The molecule has 1 saturated carbocycles. The number of hydrogen-bond donors (Lipinski definition) is 2. The van der Waals surface area contributed by atoms with E-state index in [1.165, 1.54) is 18.3 Å². The number of nitrogens with zero attached hydrogens (tertiary/aromatic N) is 4.